The Hall–Kier alpha value is -1.28. The molecule has 1 aliphatic heterocycles. The summed E-state index contributed by atoms with van der Waals surface area (Å²) in [6, 6.07) is 7.96. The Morgan fingerprint density at radius 3 is 2.60 bits per heavy atom. The van der Waals surface area contributed by atoms with Crippen molar-refractivity contribution >= 4 is 17.3 Å². The Bertz CT molecular complexity index is 525. The molecule has 106 valence electrons. The average Bonchev–Trinajstić information content (AvgIpc) is 2.92. The van der Waals surface area contributed by atoms with Gasteiger partial charge in [-0.1, -0.05) is 11.6 Å². The minimum atomic E-state index is -0.323. The standard InChI is InChI=1S/C15H17ClN2O2/c16-14-2-1-13(9-11(14)10-17)18-12-3-5-15(6-4-12)19-7-8-20-15/h1-2,9,12,18H,3-8H2. The summed E-state index contributed by atoms with van der Waals surface area (Å²) in [7, 11) is 0. The summed E-state index contributed by atoms with van der Waals surface area (Å²) in [5, 5.41) is 13.0. The monoisotopic (exact) mass is 292 g/mol. The van der Waals surface area contributed by atoms with Crippen LogP contribution in [-0.2, 0) is 9.47 Å². The molecule has 1 aromatic rings. The molecule has 5 heteroatoms. The zero-order chi connectivity index (χ0) is 14.0. The van der Waals surface area contributed by atoms with E-state index in [1.807, 2.05) is 6.07 Å². The molecule has 0 amide bonds. The van der Waals surface area contributed by atoms with Crippen molar-refractivity contribution in [1.29, 1.82) is 5.26 Å². The molecule has 20 heavy (non-hydrogen) atoms. The van der Waals surface area contributed by atoms with Gasteiger partial charge in [-0.3, -0.25) is 0 Å². The van der Waals surface area contributed by atoms with Crippen LogP contribution in [0.5, 0.6) is 0 Å². The second-order valence-electron chi connectivity index (χ2n) is 5.33. The second kappa shape index (κ2) is 5.61. The van der Waals surface area contributed by atoms with Gasteiger partial charge in [0.05, 0.1) is 23.8 Å². The number of halogens is 1. The van der Waals surface area contributed by atoms with Crippen molar-refractivity contribution in [3.8, 4) is 6.07 Å². The van der Waals surface area contributed by atoms with Crippen LogP contribution in [0.2, 0.25) is 5.02 Å². The SMILES string of the molecule is N#Cc1cc(NC2CCC3(CC2)OCCO3)ccc1Cl. The molecule has 1 spiro atoms. The number of nitrogens with one attached hydrogen (secondary N) is 1. The van der Waals surface area contributed by atoms with E-state index in [0.717, 1.165) is 31.4 Å². The van der Waals surface area contributed by atoms with Crippen molar-refractivity contribution in [1.82, 2.24) is 0 Å². The first-order chi connectivity index (χ1) is 9.71. The maximum atomic E-state index is 8.99. The van der Waals surface area contributed by atoms with Crippen LogP contribution >= 0.6 is 11.6 Å². The summed E-state index contributed by atoms with van der Waals surface area (Å²) in [6.45, 7) is 1.42. The molecule has 0 unspecified atom stereocenters. The van der Waals surface area contributed by atoms with Gasteiger partial charge in [-0.25, -0.2) is 0 Å². The average molecular weight is 293 g/mol. The Kier molecular flexibility index (Phi) is 3.84. The first-order valence-corrected chi connectivity index (χ1v) is 7.33. The van der Waals surface area contributed by atoms with Crippen molar-refractivity contribution in [3.63, 3.8) is 0 Å². The molecule has 3 rings (SSSR count). The van der Waals surface area contributed by atoms with Crippen molar-refractivity contribution in [3.05, 3.63) is 28.8 Å². The van der Waals surface area contributed by atoms with Gasteiger partial charge < -0.3 is 14.8 Å². The van der Waals surface area contributed by atoms with E-state index in [4.69, 9.17) is 26.3 Å². The molecule has 0 aromatic heterocycles. The molecule has 1 saturated heterocycles. The summed E-state index contributed by atoms with van der Waals surface area (Å²) >= 11 is 5.94. The van der Waals surface area contributed by atoms with Crippen molar-refractivity contribution in [2.75, 3.05) is 18.5 Å². The lowest BCUT2D eigenvalue weighted by molar-refractivity contribution is -0.177. The van der Waals surface area contributed by atoms with E-state index in [0.29, 0.717) is 29.8 Å². The third kappa shape index (κ3) is 2.76. The quantitative estimate of drug-likeness (QED) is 0.908. The Morgan fingerprint density at radius 1 is 1.25 bits per heavy atom. The second-order valence-corrected chi connectivity index (χ2v) is 5.74. The zero-order valence-corrected chi connectivity index (χ0v) is 11.9. The lowest BCUT2D eigenvalue weighted by Gasteiger charge is -2.36. The molecule has 0 radical (unpaired) electrons. The van der Waals surface area contributed by atoms with Gasteiger partial charge in [-0.2, -0.15) is 5.26 Å². The molecule has 2 aliphatic rings. The molecule has 0 bridgehead atoms. The predicted molar refractivity (Wildman–Crippen MR) is 76.7 cm³/mol. The molecule has 1 N–H and O–H groups in total. The maximum absolute atomic E-state index is 8.99. The molecular weight excluding hydrogens is 276 g/mol. The summed E-state index contributed by atoms with van der Waals surface area (Å²) in [4.78, 5) is 0. The Labute approximate surface area is 123 Å². The molecule has 2 fully saturated rings. The third-order valence-corrected chi connectivity index (χ3v) is 4.35. The highest BCUT2D eigenvalue weighted by Crippen LogP contribution is 2.36. The van der Waals surface area contributed by atoms with Crippen LogP contribution in [-0.4, -0.2) is 25.0 Å². The van der Waals surface area contributed by atoms with Crippen LogP contribution < -0.4 is 5.32 Å². The van der Waals surface area contributed by atoms with Gasteiger partial charge in [0.15, 0.2) is 5.79 Å². The number of anilines is 1. The van der Waals surface area contributed by atoms with Crippen molar-refractivity contribution < 1.29 is 9.47 Å². The van der Waals surface area contributed by atoms with Gasteiger partial charge >= 0.3 is 0 Å². The van der Waals surface area contributed by atoms with E-state index >= 15 is 0 Å². The van der Waals surface area contributed by atoms with E-state index in [2.05, 4.69) is 11.4 Å². The third-order valence-electron chi connectivity index (χ3n) is 4.02. The van der Waals surface area contributed by atoms with E-state index in [9.17, 15) is 0 Å². The molecule has 4 nitrogen and oxygen atoms in total. The van der Waals surface area contributed by atoms with Crippen LogP contribution in [0.3, 0.4) is 0 Å². The Balaban J connectivity index is 1.61. The number of rotatable bonds is 2. The molecule has 1 saturated carbocycles. The van der Waals surface area contributed by atoms with Crippen LogP contribution in [0, 0.1) is 11.3 Å². The van der Waals surface area contributed by atoms with E-state index in [-0.39, 0.29) is 5.79 Å². The van der Waals surface area contributed by atoms with Gasteiger partial charge in [0.25, 0.3) is 0 Å². The number of nitriles is 1. The molecule has 0 atom stereocenters. The molecular formula is C15H17ClN2O2. The number of ether oxygens (including phenoxy) is 2. The predicted octanol–water partition coefficient (Wildman–Crippen LogP) is 3.31. The molecule has 1 aliphatic carbocycles. The number of hydrogen-bond acceptors (Lipinski definition) is 4. The summed E-state index contributed by atoms with van der Waals surface area (Å²) < 4.78 is 11.4. The van der Waals surface area contributed by atoms with E-state index in [1.54, 1.807) is 12.1 Å². The number of nitrogens with zero attached hydrogens (tertiary/aromatic N) is 1. The summed E-state index contributed by atoms with van der Waals surface area (Å²) in [5.41, 5.74) is 1.45. The minimum Gasteiger partial charge on any atom is -0.382 e. The maximum Gasteiger partial charge on any atom is 0.168 e. The minimum absolute atomic E-state index is 0.323. The fourth-order valence-electron chi connectivity index (χ4n) is 2.92. The van der Waals surface area contributed by atoms with Crippen LogP contribution in [0.15, 0.2) is 18.2 Å². The smallest absolute Gasteiger partial charge is 0.168 e. The summed E-state index contributed by atoms with van der Waals surface area (Å²) in [5.74, 6) is -0.323. The normalized spacial score (nSPS) is 21.8. The van der Waals surface area contributed by atoms with E-state index < -0.39 is 0 Å². The topological polar surface area (TPSA) is 54.3 Å². The highest BCUT2D eigenvalue weighted by molar-refractivity contribution is 6.31. The van der Waals surface area contributed by atoms with Gasteiger partial charge in [0, 0.05) is 24.6 Å². The van der Waals surface area contributed by atoms with Gasteiger partial charge in [0.1, 0.15) is 6.07 Å². The number of benzene rings is 1. The van der Waals surface area contributed by atoms with E-state index in [1.165, 1.54) is 0 Å². The van der Waals surface area contributed by atoms with Crippen molar-refractivity contribution in [2.24, 2.45) is 0 Å². The van der Waals surface area contributed by atoms with Crippen LogP contribution in [0.25, 0.3) is 0 Å². The first-order valence-electron chi connectivity index (χ1n) is 6.95. The molecule has 1 aromatic carbocycles. The fraction of sp³-hybridized carbons (Fsp3) is 0.533. The lowest BCUT2D eigenvalue weighted by Crippen LogP contribution is -2.39. The fourth-order valence-corrected chi connectivity index (χ4v) is 3.08. The zero-order valence-electron chi connectivity index (χ0n) is 11.2. The number of hydrogen-bond donors (Lipinski definition) is 1. The Morgan fingerprint density at radius 2 is 1.95 bits per heavy atom. The van der Waals surface area contributed by atoms with Crippen LogP contribution in [0.4, 0.5) is 5.69 Å². The van der Waals surface area contributed by atoms with Gasteiger partial charge in [-0.15, -0.1) is 0 Å². The van der Waals surface area contributed by atoms with Gasteiger partial charge in [0.2, 0.25) is 0 Å². The van der Waals surface area contributed by atoms with Crippen molar-refractivity contribution in [2.45, 2.75) is 37.5 Å². The highest BCUT2D eigenvalue weighted by atomic mass is 35.5. The lowest BCUT2D eigenvalue weighted by atomic mass is 9.90. The van der Waals surface area contributed by atoms with Gasteiger partial charge in [-0.05, 0) is 31.0 Å². The molecule has 1 heterocycles. The largest absolute Gasteiger partial charge is 0.382 e. The summed E-state index contributed by atoms with van der Waals surface area (Å²) in [6.07, 6.45) is 3.85. The highest BCUT2D eigenvalue weighted by Gasteiger charge is 2.40. The van der Waals surface area contributed by atoms with Crippen LogP contribution in [0.1, 0.15) is 31.2 Å². The first kappa shape index (κ1) is 13.7.